The van der Waals surface area contributed by atoms with Gasteiger partial charge in [0.15, 0.2) is 11.5 Å². The summed E-state index contributed by atoms with van der Waals surface area (Å²) >= 11 is 0. The Bertz CT molecular complexity index is 1250. The van der Waals surface area contributed by atoms with E-state index >= 15 is 0 Å². The number of imide groups is 2. The lowest BCUT2D eigenvalue weighted by molar-refractivity contribution is -0.122. The number of carbonyl (C=O) groups excluding carboxylic acids is 3. The first-order valence-corrected chi connectivity index (χ1v) is 10.9. The van der Waals surface area contributed by atoms with Crippen LogP contribution < -0.4 is 19.7 Å². The SMILES string of the molecule is CCOc1cc(/C=C2\C(=O)NC(=O)N(c3ccccc3)C2=O)ccc1OCc1ccc(C)cc1. The number of ether oxygens (including phenoxy) is 2. The summed E-state index contributed by atoms with van der Waals surface area (Å²) in [6.07, 6.45) is 1.44. The fraction of sp³-hybridized carbons (Fsp3) is 0.148. The molecule has 4 amide bonds. The first-order chi connectivity index (χ1) is 16.5. The van der Waals surface area contributed by atoms with Crippen LogP contribution in [-0.2, 0) is 16.2 Å². The minimum absolute atomic E-state index is 0.153. The van der Waals surface area contributed by atoms with Gasteiger partial charge in [0.1, 0.15) is 12.2 Å². The summed E-state index contributed by atoms with van der Waals surface area (Å²) in [6.45, 7) is 4.67. The Morgan fingerprint density at radius 3 is 2.32 bits per heavy atom. The summed E-state index contributed by atoms with van der Waals surface area (Å²) < 4.78 is 11.7. The second-order valence-corrected chi connectivity index (χ2v) is 7.71. The van der Waals surface area contributed by atoms with Gasteiger partial charge in [-0.25, -0.2) is 9.69 Å². The van der Waals surface area contributed by atoms with E-state index in [9.17, 15) is 14.4 Å². The van der Waals surface area contributed by atoms with Gasteiger partial charge in [0, 0.05) is 0 Å². The minimum atomic E-state index is -0.784. The van der Waals surface area contributed by atoms with E-state index in [0.29, 0.717) is 36.0 Å². The van der Waals surface area contributed by atoms with Gasteiger partial charge >= 0.3 is 6.03 Å². The second-order valence-electron chi connectivity index (χ2n) is 7.71. The molecule has 0 aliphatic carbocycles. The predicted octanol–water partition coefficient (Wildman–Crippen LogP) is 4.64. The third kappa shape index (κ3) is 4.99. The highest BCUT2D eigenvalue weighted by Crippen LogP contribution is 2.31. The molecule has 7 heteroatoms. The van der Waals surface area contributed by atoms with Gasteiger partial charge in [0.05, 0.1) is 12.3 Å². The number of para-hydroxylation sites is 1. The maximum atomic E-state index is 13.0. The van der Waals surface area contributed by atoms with Crippen molar-refractivity contribution in [2.45, 2.75) is 20.5 Å². The standard InChI is InChI=1S/C27H24N2O5/c1-3-33-24-16-20(13-14-23(24)34-17-19-11-9-18(2)10-12-19)15-22-25(30)28-27(32)29(26(22)31)21-7-5-4-6-8-21/h4-16H,3,17H2,1-2H3,(H,28,30,32)/b22-15+. The Hall–Kier alpha value is -4.39. The van der Waals surface area contributed by atoms with Crippen molar-refractivity contribution in [2.24, 2.45) is 0 Å². The lowest BCUT2D eigenvalue weighted by Gasteiger charge is -2.26. The molecular weight excluding hydrogens is 432 g/mol. The fourth-order valence-electron chi connectivity index (χ4n) is 3.48. The van der Waals surface area contributed by atoms with Crippen LogP contribution in [0.1, 0.15) is 23.6 Å². The van der Waals surface area contributed by atoms with Gasteiger partial charge in [0.25, 0.3) is 11.8 Å². The molecule has 1 fully saturated rings. The first kappa shape index (κ1) is 22.8. The minimum Gasteiger partial charge on any atom is -0.490 e. The summed E-state index contributed by atoms with van der Waals surface area (Å²) in [6, 6.07) is 20.9. The first-order valence-electron chi connectivity index (χ1n) is 10.9. The van der Waals surface area contributed by atoms with Gasteiger partial charge in [-0.2, -0.15) is 0 Å². The molecule has 34 heavy (non-hydrogen) atoms. The molecule has 172 valence electrons. The molecule has 0 saturated carbocycles. The van der Waals surface area contributed by atoms with Crippen molar-refractivity contribution in [3.8, 4) is 11.5 Å². The molecule has 1 saturated heterocycles. The van der Waals surface area contributed by atoms with Crippen LogP contribution in [0, 0.1) is 6.92 Å². The molecule has 1 aliphatic heterocycles. The zero-order valence-corrected chi connectivity index (χ0v) is 18.9. The van der Waals surface area contributed by atoms with Crippen molar-refractivity contribution in [1.82, 2.24) is 5.32 Å². The van der Waals surface area contributed by atoms with E-state index in [-0.39, 0.29) is 5.57 Å². The van der Waals surface area contributed by atoms with Gasteiger partial charge in [-0.1, -0.05) is 54.1 Å². The molecule has 0 atom stereocenters. The van der Waals surface area contributed by atoms with Gasteiger partial charge in [-0.05, 0) is 55.3 Å². The summed E-state index contributed by atoms with van der Waals surface area (Å²) in [4.78, 5) is 38.7. The van der Waals surface area contributed by atoms with E-state index < -0.39 is 17.8 Å². The number of aryl methyl sites for hydroxylation is 1. The quantitative estimate of drug-likeness (QED) is 0.414. The molecule has 0 radical (unpaired) electrons. The number of amides is 4. The van der Waals surface area contributed by atoms with E-state index in [4.69, 9.17) is 9.47 Å². The molecule has 3 aromatic rings. The predicted molar refractivity (Wildman–Crippen MR) is 129 cm³/mol. The molecule has 7 nitrogen and oxygen atoms in total. The van der Waals surface area contributed by atoms with E-state index in [1.165, 1.54) is 11.6 Å². The van der Waals surface area contributed by atoms with Gasteiger partial charge < -0.3 is 9.47 Å². The Morgan fingerprint density at radius 1 is 0.882 bits per heavy atom. The fourth-order valence-corrected chi connectivity index (χ4v) is 3.48. The highest BCUT2D eigenvalue weighted by Gasteiger charge is 2.36. The van der Waals surface area contributed by atoms with Crippen LogP contribution in [0.5, 0.6) is 11.5 Å². The zero-order valence-electron chi connectivity index (χ0n) is 18.9. The van der Waals surface area contributed by atoms with Crippen molar-refractivity contribution in [1.29, 1.82) is 0 Å². The highest BCUT2D eigenvalue weighted by molar-refractivity contribution is 6.39. The van der Waals surface area contributed by atoms with Crippen molar-refractivity contribution in [3.63, 3.8) is 0 Å². The molecule has 4 rings (SSSR count). The van der Waals surface area contributed by atoms with E-state index in [1.54, 1.807) is 48.5 Å². The molecule has 1 aliphatic rings. The van der Waals surface area contributed by atoms with Crippen LogP contribution in [0.4, 0.5) is 10.5 Å². The number of anilines is 1. The van der Waals surface area contributed by atoms with Crippen LogP contribution in [0.3, 0.4) is 0 Å². The molecule has 1 N–H and O–H groups in total. The van der Waals surface area contributed by atoms with Crippen LogP contribution in [0.2, 0.25) is 0 Å². The maximum Gasteiger partial charge on any atom is 0.335 e. The number of hydrogen-bond acceptors (Lipinski definition) is 5. The summed E-state index contributed by atoms with van der Waals surface area (Å²) in [5.41, 5.74) is 2.98. The van der Waals surface area contributed by atoms with Crippen molar-refractivity contribution < 1.29 is 23.9 Å². The molecule has 0 aromatic heterocycles. The average Bonchev–Trinajstić information content (AvgIpc) is 2.83. The summed E-state index contributed by atoms with van der Waals surface area (Å²) in [7, 11) is 0. The molecule has 0 bridgehead atoms. The van der Waals surface area contributed by atoms with Gasteiger partial charge in [0.2, 0.25) is 0 Å². The molecule has 0 spiro atoms. The Kier molecular flexibility index (Phi) is 6.73. The van der Waals surface area contributed by atoms with Gasteiger partial charge in [-0.15, -0.1) is 0 Å². The molecule has 0 unspecified atom stereocenters. The van der Waals surface area contributed by atoms with Crippen LogP contribution in [0.25, 0.3) is 6.08 Å². The normalized spacial score (nSPS) is 14.8. The number of nitrogens with one attached hydrogen (secondary N) is 1. The number of rotatable bonds is 7. The number of nitrogens with zero attached hydrogens (tertiary/aromatic N) is 1. The summed E-state index contributed by atoms with van der Waals surface area (Å²) in [5.74, 6) is -0.411. The van der Waals surface area contributed by atoms with Crippen molar-refractivity contribution in [2.75, 3.05) is 11.5 Å². The third-order valence-electron chi connectivity index (χ3n) is 5.21. The number of carbonyl (C=O) groups is 3. The second kappa shape index (κ2) is 10.0. The van der Waals surface area contributed by atoms with Crippen molar-refractivity contribution in [3.05, 3.63) is 95.1 Å². The molecular formula is C27H24N2O5. The monoisotopic (exact) mass is 456 g/mol. The topological polar surface area (TPSA) is 84.9 Å². The number of hydrogen-bond donors (Lipinski definition) is 1. The Morgan fingerprint density at radius 2 is 1.62 bits per heavy atom. The smallest absolute Gasteiger partial charge is 0.335 e. The lowest BCUT2D eigenvalue weighted by atomic mass is 10.1. The van der Waals surface area contributed by atoms with Gasteiger partial charge in [-0.3, -0.25) is 14.9 Å². The number of benzene rings is 3. The largest absolute Gasteiger partial charge is 0.490 e. The highest BCUT2D eigenvalue weighted by atomic mass is 16.5. The third-order valence-corrected chi connectivity index (χ3v) is 5.21. The zero-order chi connectivity index (χ0) is 24.1. The van der Waals surface area contributed by atoms with E-state index in [1.807, 2.05) is 38.1 Å². The van der Waals surface area contributed by atoms with Crippen LogP contribution >= 0.6 is 0 Å². The van der Waals surface area contributed by atoms with Crippen LogP contribution in [-0.4, -0.2) is 24.5 Å². The lowest BCUT2D eigenvalue weighted by Crippen LogP contribution is -2.54. The van der Waals surface area contributed by atoms with E-state index in [2.05, 4.69) is 5.32 Å². The number of barbiturate groups is 1. The average molecular weight is 456 g/mol. The Labute approximate surface area is 197 Å². The van der Waals surface area contributed by atoms with Crippen LogP contribution in [0.15, 0.2) is 78.4 Å². The maximum absolute atomic E-state index is 13.0. The number of urea groups is 1. The molecule has 3 aromatic carbocycles. The Balaban J connectivity index is 1.60. The molecule has 1 heterocycles. The van der Waals surface area contributed by atoms with Crippen molar-refractivity contribution >= 4 is 29.6 Å². The van der Waals surface area contributed by atoms with E-state index in [0.717, 1.165) is 10.5 Å². The summed E-state index contributed by atoms with van der Waals surface area (Å²) in [5, 5.41) is 2.23.